The molecule has 7 nitrogen and oxygen atoms in total. The van der Waals surface area contributed by atoms with E-state index in [1.54, 1.807) is 30.9 Å². The number of nitrogens with zero attached hydrogens (tertiary/aromatic N) is 3. The van der Waals surface area contributed by atoms with Crippen LogP contribution >= 0.6 is 0 Å². The van der Waals surface area contributed by atoms with E-state index in [4.69, 9.17) is 10.5 Å². The molecule has 0 unspecified atom stereocenters. The third kappa shape index (κ3) is 3.09. The minimum atomic E-state index is -1.07. The first-order valence-electron chi connectivity index (χ1n) is 8.97. The van der Waals surface area contributed by atoms with Crippen LogP contribution in [0.15, 0.2) is 36.4 Å². The summed E-state index contributed by atoms with van der Waals surface area (Å²) < 4.78 is 5.76. The van der Waals surface area contributed by atoms with Gasteiger partial charge in [-0.3, -0.25) is 14.5 Å². The highest BCUT2D eigenvalue weighted by molar-refractivity contribution is 6.05. The predicted molar refractivity (Wildman–Crippen MR) is 101 cm³/mol. The molecule has 1 aromatic heterocycles. The van der Waals surface area contributed by atoms with Gasteiger partial charge in [-0.15, -0.1) is 0 Å². The van der Waals surface area contributed by atoms with Crippen molar-refractivity contribution in [1.82, 2.24) is 9.88 Å². The lowest BCUT2D eigenvalue weighted by Gasteiger charge is -2.38. The molecule has 7 heteroatoms. The summed E-state index contributed by atoms with van der Waals surface area (Å²) in [6.07, 6.45) is 0.812. The molecule has 2 aromatic rings. The number of pyridine rings is 1. The standard InChI is InChI=1S/C20H22N4O3/c1-20(2)19(26)24(18-15(27-20)7-8-16(21)22-18)12-17(25)23-10-9-13-5-3-4-6-14(13)11-23/h3-8H,9-12H2,1-2H3,(H2,21,22). The zero-order chi connectivity index (χ0) is 19.2. The number of hydrogen-bond acceptors (Lipinski definition) is 5. The smallest absolute Gasteiger partial charge is 0.272 e. The summed E-state index contributed by atoms with van der Waals surface area (Å²) in [6, 6.07) is 11.4. The monoisotopic (exact) mass is 366 g/mol. The summed E-state index contributed by atoms with van der Waals surface area (Å²) >= 11 is 0. The third-order valence-corrected chi connectivity index (χ3v) is 5.02. The van der Waals surface area contributed by atoms with Crippen LogP contribution in [0, 0.1) is 0 Å². The largest absolute Gasteiger partial charge is 0.474 e. The third-order valence-electron chi connectivity index (χ3n) is 5.02. The van der Waals surface area contributed by atoms with Crippen LogP contribution in [0.25, 0.3) is 0 Å². The zero-order valence-corrected chi connectivity index (χ0v) is 15.4. The first-order valence-corrected chi connectivity index (χ1v) is 8.97. The van der Waals surface area contributed by atoms with E-state index >= 15 is 0 Å². The predicted octanol–water partition coefficient (Wildman–Crippen LogP) is 1.75. The van der Waals surface area contributed by atoms with E-state index in [2.05, 4.69) is 11.1 Å². The highest BCUT2D eigenvalue weighted by Gasteiger charge is 2.43. The van der Waals surface area contributed by atoms with E-state index in [9.17, 15) is 9.59 Å². The van der Waals surface area contributed by atoms with E-state index in [0.717, 1.165) is 12.0 Å². The molecule has 0 bridgehead atoms. The molecule has 0 saturated heterocycles. The second kappa shape index (κ2) is 6.26. The van der Waals surface area contributed by atoms with Crippen molar-refractivity contribution in [3.8, 4) is 5.75 Å². The number of carbonyl (C=O) groups excluding carboxylic acids is 2. The van der Waals surface area contributed by atoms with Gasteiger partial charge in [0.2, 0.25) is 5.91 Å². The molecule has 0 spiro atoms. The molecule has 2 amide bonds. The van der Waals surface area contributed by atoms with Gasteiger partial charge in [0.1, 0.15) is 12.4 Å². The molecule has 140 valence electrons. The average Bonchev–Trinajstić information content (AvgIpc) is 2.65. The highest BCUT2D eigenvalue weighted by atomic mass is 16.5. The summed E-state index contributed by atoms with van der Waals surface area (Å²) in [5, 5.41) is 0. The van der Waals surface area contributed by atoms with Gasteiger partial charge in [-0.1, -0.05) is 24.3 Å². The number of anilines is 2. The van der Waals surface area contributed by atoms with E-state index in [1.807, 2.05) is 18.2 Å². The van der Waals surface area contributed by atoms with E-state index in [-0.39, 0.29) is 24.2 Å². The minimum absolute atomic E-state index is 0.0861. The summed E-state index contributed by atoms with van der Waals surface area (Å²) in [4.78, 5) is 33.2. The number of benzene rings is 1. The molecule has 3 heterocycles. The molecule has 2 N–H and O–H groups in total. The van der Waals surface area contributed by atoms with Gasteiger partial charge in [0.05, 0.1) is 0 Å². The maximum atomic E-state index is 13.0. The minimum Gasteiger partial charge on any atom is -0.474 e. The van der Waals surface area contributed by atoms with Gasteiger partial charge >= 0.3 is 0 Å². The fourth-order valence-electron chi connectivity index (χ4n) is 3.55. The van der Waals surface area contributed by atoms with Crippen LogP contribution in [0.5, 0.6) is 5.75 Å². The van der Waals surface area contributed by atoms with Crippen LogP contribution in [0.3, 0.4) is 0 Å². The number of fused-ring (bicyclic) bond motifs is 2. The molecule has 0 atom stereocenters. The Hall–Kier alpha value is -3.09. The van der Waals surface area contributed by atoms with Crippen LogP contribution in [-0.4, -0.2) is 40.4 Å². The van der Waals surface area contributed by atoms with E-state index in [0.29, 0.717) is 24.7 Å². The molecule has 0 radical (unpaired) electrons. The number of carbonyl (C=O) groups is 2. The summed E-state index contributed by atoms with van der Waals surface area (Å²) in [5.74, 6) is 0.592. The summed E-state index contributed by atoms with van der Waals surface area (Å²) in [6.45, 7) is 4.47. The molecule has 0 fully saturated rings. The summed E-state index contributed by atoms with van der Waals surface area (Å²) in [7, 11) is 0. The van der Waals surface area contributed by atoms with Crippen molar-refractivity contribution in [2.45, 2.75) is 32.4 Å². The number of ether oxygens (including phenoxy) is 1. The van der Waals surface area contributed by atoms with Gasteiger partial charge in [-0.25, -0.2) is 4.98 Å². The Kier molecular flexibility index (Phi) is 4.02. The van der Waals surface area contributed by atoms with Crippen LogP contribution in [0.4, 0.5) is 11.6 Å². The second-order valence-corrected chi connectivity index (χ2v) is 7.40. The zero-order valence-electron chi connectivity index (χ0n) is 15.4. The van der Waals surface area contributed by atoms with Gasteiger partial charge in [0, 0.05) is 13.1 Å². The number of hydrogen-bond donors (Lipinski definition) is 1. The van der Waals surface area contributed by atoms with Gasteiger partial charge in [0.25, 0.3) is 5.91 Å². The fraction of sp³-hybridized carbons (Fsp3) is 0.350. The normalized spacial score (nSPS) is 17.8. The van der Waals surface area contributed by atoms with Crippen molar-refractivity contribution < 1.29 is 14.3 Å². The Morgan fingerprint density at radius 3 is 2.74 bits per heavy atom. The van der Waals surface area contributed by atoms with Gasteiger partial charge in [-0.05, 0) is 43.5 Å². The lowest BCUT2D eigenvalue weighted by Crippen LogP contribution is -2.55. The molecular formula is C20H22N4O3. The molecule has 1 aromatic carbocycles. The topological polar surface area (TPSA) is 88.8 Å². The first kappa shape index (κ1) is 17.3. The quantitative estimate of drug-likeness (QED) is 0.875. The van der Waals surface area contributed by atoms with Crippen LogP contribution in [0.2, 0.25) is 0 Å². The second-order valence-electron chi connectivity index (χ2n) is 7.40. The van der Waals surface area contributed by atoms with E-state index < -0.39 is 5.60 Å². The Bertz CT molecular complexity index is 925. The number of amides is 2. The average molecular weight is 366 g/mol. The molecule has 0 saturated carbocycles. The Morgan fingerprint density at radius 1 is 1.22 bits per heavy atom. The molecular weight excluding hydrogens is 344 g/mol. The molecule has 0 aliphatic carbocycles. The van der Waals surface area contributed by atoms with Crippen LogP contribution in [-0.2, 0) is 22.6 Å². The molecule has 27 heavy (non-hydrogen) atoms. The molecule has 2 aliphatic heterocycles. The number of aromatic nitrogens is 1. The van der Waals surface area contributed by atoms with E-state index in [1.165, 1.54) is 10.5 Å². The lowest BCUT2D eigenvalue weighted by molar-refractivity contribution is -0.137. The van der Waals surface area contributed by atoms with Crippen molar-refractivity contribution in [3.05, 3.63) is 47.5 Å². The van der Waals surface area contributed by atoms with Gasteiger partial charge < -0.3 is 15.4 Å². The Labute approximate surface area is 157 Å². The number of rotatable bonds is 2. The van der Waals surface area contributed by atoms with Gasteiger partial charge in [-0.2, -0.15) is 0 Å². The SMILES string of the molecule is CC1(C)Oc2ccc(N)nc2N(CC(=O)N2CCc3ccccc3C2)C1=O. The van der Waals surface area contributed by atoms with Crippen molar-refractivity contribution in [3.63, 3.8) is 0 Å². The van der Waals surface area contributed by atoms with Crippen LogP contribution in [0.1, 0.15) is 25.0 Å². The Morgan fingerprint density at radius 2 is 1.96 bits per heavy atom. The maximum absolute atomic E-state index is 13.0. The summed E-state index contributed by atoms with van der Waals surface area (Å²) in [5.41, 5.74) is 7.13. The highest BCUT2D eigenvalue weighted by Crippen LogP contribution is 2.36. The molecule has 4 rings (SSSR count). The van der Waals surface area contributed by atoms with Crippen molar-refractivity contribution in [1.29, 1.82) is 0 Å². The van der Waals surface area contributed by atoms with Gasteiger partial charge in [0.15, 0.2) is 17.2 Å². The lowest BCUT2D eigenvalue weighted by atomic mass is 10.00. The first-order chi connectivity index (χ1) is 12.8. The maximum Gasteiger partial charge on any atom is 0.272 e. The fourth-order valence-corrected chi connectivity index (χ4v) is 3.55. The Balaban J connectivity index is 1.59. The van der Waals surface area contributed by atoms with Crippen molar-refractivity contribution in [2.75, 3.05) is 23.7 Å². The number of nitrogens with two attached hydrogens (primary N) is 1. The molecule has 2 aliphatic rings. The van der Waals surface area contributed by atoms with Crippen LogP contribution < -0.4 is 15.4 Å². The number of nitrogen functional groups attached to an aromatic ring is 1. The van der Waals surface area contributed by atoms with Crippen molar-refractivity contribution >= 4 is 23.5 Å². The van der Waals surface area contributed by atoms with Crippen molar-refractivity contribution in [2.24, 2.45) is 0 Å².